The fraction of sp³-hybridized carbons (Fsp3) is 1.00. The van der Waals surface area contributed by atoms with Crippen LogP contribution < -0.4 is 5.32 Å². The van der Waals surface area contributed by atoms with Crippen molar-refractivity contribution in [3.8, 4) is 0 Å². The number of hydrogen-bond donors (Lipinski definition) is 1. The van der Waals surface area contributed by atoms with Gasteiger partial charge in [0.1, 0.15) is 0 Å². The van der Waals surface area contributed by atoms with Crippen LogP contribution in [-0.2, 0) is 0 Å². The van der Waals surface area contributed by atoms with E-state index >= 15 is 0 Å². The SMILES string of the molecule is CCCNC(CN1CCN(CC(F)(F)F)CC1)C1CC1. The number of piperazine rings is 1. The molecule has 0 aromatic rings. The van der Waals surface area contributed by atoms with Crippen molar-refractivity contribution in [2.24, 2.45) is 5.92 Å². The summed E-state index contributed by atoms with van der Waals surface area (Å²) < 4.78 is 37.0. The van der Waals surface area contributed by atoms with Crippen LogP contribution in [0, 0.1) is 5.92 Å². The largest absolute Gasteiger partial charge is 0.401 e. The Hall–Kier alpha value is -0.330. The van der Waals surface area contributed by atoms with E-state index in [2.05, 4.69) is 17.1 Å². The first kappa shape index (κ1) is 16.0. The van der Waals surface area contributed by atoms with Gasteiger partial charge in [0.2, 0.25) is 0 Å². The van der Waals surface area contributed by atoms with E-state index in [4.69, 9.17) is 0 Å². The van der Waals surface area contributed by atoms with Gasteiger partial charge in [-0.3, -0.25) is 9.80 Å². The third-order valence-electron chi connectivity index (χ3n) is 4.17. The van der Waals surface area contributed by atoms with Crippen molar-refractivity contribution in [2.45, 2.75) is 38.4 Å². The summed E-state index contributed by atoms with van der Waals surface area (Å²) in [5, 5.41) is 3.59. The van der Waals surface area contributed by atoms with Crippen molar-refractivity contribution < 1.29 is 13.2 Å². The first-order chi connectivity index (χ1) is 9.48. The molecule has 2 fully saturated rings. The average molecular weight is 293 g/mol. The first-order valence-corrected chi connectivity index (χ1v) is 7.73. The van der Waals surface area contributed by atoms with Crippen LogP contribution in [0.3, 0.4) is 0 Å². The molecular formula is C14H26F3N3. The molecule has 118 valence electrons. The maximum Gasteiger partial charge on any atom is 0.401 e. The number of halogens is 3. The Morgan fingerprint density at radius 1 is 1.10 bits per heavy atom. The van der Waals surface area contributed by atoms with Crippen molar-refractivity contribution in [3.05, 3.63) is 0 Å². The predicted molar refractivity (Wildman–Crippen MR) is 73.7 cm³/mol. The Morgan fingerprint density at radius 2 is 1.70 bits per heavy atom. The van der Waals surface area contributed by atoms with Gasteiger partial charge in [-0.05, 0) is 31.7 Å². The van der Waals surface area contributed by atoms with Gasteiger partial charge < -0.3 is 5.32 Å². The predicted octanol–water partition coefficient (Wildman–Crippen LogP) is 1.94. The topological polar surface area (TPSA) is 18.5 Å². The average Bonchev–Trinajstić information content (AvgIpc) is 3.19. The Balaban J connectivity index is 1.70. The number of nitrogens with zero attached hydrogens (tertiary/aromatic N) is 2. The Bertz CT molecular complexity index is 284. The minimum Gasteiger partial charge on any atom is -0.312 e. The normalized spacial score (nSPS) is 24.0. The van der Waals surface area contributed by atoms with Crippen molar-refractivity contribution >= 4 is 0 Å². The second-order valence-electron chi connectivity index (χ2n) is 6.09. The molecule has 1 heterocycles. The summed E-state index contributed by atoms with van der Waals surface area (Å²) in [6, 6.07) is 0.532. The smallest absolute Gasteiger partial charge is 0.312 e. The highest BCUT2D eigenvalue weighted by Crippen LogP contribution is 2.33. The monoisotopic (exact) mass is 293 g/mol. The summed E-state index contributed by atoms with van der Waals surface area (Å²) in [6.07, 6.45) is -0.338. The molecule has 1 saturated carbocycles. The molecule has 1 aliphatic heterocycles. The fourth-order valence-electron chi connectivity index (χ4n) is 2.87. The molecule has 0 radical (unpaired) electrons. The summed E-state index contributed by atoms with van der Waals surface area (Å²) in [6.45, 7) is 6.00. The lowest BCUT2D eigenvalue weighted by Gasteiger charge is -2.37. The van der Waals surface area contributed by atoms with Crippen molar-refractivity contribution in [2.75, 3.05) is 45.8 Å². The second kappa shape index (κ2) is 7.09. The van der Waals surface area contributed by atoms with Gasteiger partial charge in [-0.25, -0.2) is 0 Å². The van der Waals surface area contributed by atoms with Gasteiger partial charge in [0, 0.05) is 38.8 Å². The first-order valence-electron chi connectivity index (χ1n) is 7.73. The maximum absolute atomic E-state index is 12.3. The molecule has 20 heavy (non-hydrogen) atoms. The van der Waals surface area contributed by atoms with Crippen LogP contribution in [-0.4, -0.2) is 67.8 Å². The summed E-state index contributed by atoms with van der Waals surface area (Å²) in [7, 11) is 0. The molecule has 0 spiro atoms. The highest BCUT2D eigenvalue weighted by molar-refractivity contribution is 4.89. The molecule has 0 bridgehead atoms. The van der Waals surface area contributed by atoms with Crippen molar-refractivity contribution in [1.29, 1.82) is 0 Å². The Kier molecular flexibility index (Phi) is 5.69. The fourth-order valence-corrected chi connectivity index (χ4v) is 2.87. The zero-order valence-corrected chi connectivity index (χ0v) is 12.3. The third-order valence-corrected chi connectivity index (χ3v) is 4.17. The quantitative estimate of drug-likeness (QED) is 0.774. The minimum atomic E-state index is -4.07. The lowest BCUT2D eigenvalue weighted by molar-refractivity contribution is -0.149. The van der Waals surface area contributed by atoms with Crippen LogP contribution in [0.2, 0.25) is 0 Å². The molecule has 1 aliphatic carbocycles. The zero-order valence-electron chi connectivity index (χ0n) is 12.3. The van der Waals surface area contributed by atoms with Gasteiger partial charge in [0.15, 0.2) is 0 Å². The van der Waals surface area contributed by atoms with Gasteiger partial charge in [-0.2, -0.15) is 13.2 Å². The lowest BCUT2D eigenvalue weighted by Crippen LogP contribution is -2.52. The van der Waals surface area contributed by atoms with Gasteiger partial charge in [-0.1, -0.05) is 6.92 Å². The number of nitrogens with one attached hydrogen (secondary N) is 1. The van der Waals surface area contributed by atoms with E-state index in [1.54, 1.807) is 0 Å². The van der Waals surface area contributed by atoms with Gasteiger partial charge in [0.05, 0.1) is 6.54 Å². The van der Waals surface area contributed by atoms with Crippen molar-refractivity contribution in [3.63, 3.8) is 0 Å². The van der Waals surface area contributed by atoms with E-state index in [-0.39, 0.29) is 0 Å². The summed E-state index contributed by atoms with van der Waals surface area (Å²) in [4.78, 5) is 3.83. The van der Waals surface area contributed by atoms with Crippen LogP contribution in [0.4, 0.5) is 13.2 Å². The van der Waals surface area contributed by atoms with Gasteiger partial charge in [-0.15, -0.1) is 0 Å². The molecule has 0 amide bonds. The summed E-state index contributed by atoms with van der Waals surface area (Å²) in [5.41, 5.74) is 0. The summed E-state index contributed by atoms with van der Waals surface area (Å²) >= 11 is 0. The maximum atomic E-state index is 12.3. The molecular weight excluding hydrogens is 267 g/mol. The molecule has 2 aliphatic rings. The second-order valence-corrected chi connectivity index (χ2v) is 6.09. The van der Waals surface area contributed by atoms with E-state index in [1.165, 1.54) is 17.7 Å². The molecule has 1 unspecified atom stereocenters. The van der Waals surface area contributed by atoms with E-state index in [9.17, 15) is 13.2 Å². The molecule has 1 atom stereocenters. The van der Waals surface area contributed by atoms with Crippen LogP contribution in [0.5, 0.6) is 0 Å². The zero-order chi connectivity index (χ0) is 14.6. The molecule has 0 aromatic heterocycles. The molecule has 6 heteroatoms. The highest BCUT2D eigenvalue weighted by atomic mass is 19.4. The Labute approximate surface area is 119 Å². The minimum absolute atomic E-state index is 0.532. The molecule has 2 rings (SSSR count). The molecule has 3 nitrogen and oxygen atoms in total. The third kappa shape index (κ3) is 5.58. The van der Waals surface area contributed by atoms with Gasteiger partial charge in [0.25, 0.3) is 0 Å². The van der Waals surface area contributed by atoms with Crippen LogP contribution in [0.15, 0.2) is 0 Å². The van der Waals surface area contributed by atoms with Crippen molar-refractivity contribution in [1.82, 2.24) is 15.1 Å². The van der Waals surface area contributed by atoms with Gasteiger partial charge >= 0.3 is 6.18 Å². The van der Waals surface area contributed by atoms with E-state index in [1.807, 2.05) is 0 Å². The lowest BCUT2D eigenvalue weighted by atomic mass is 10.1. The van der Waals surface area contributed by atoms with E-state index in [0.717, 1.165) is 38.5 Å². The standard InChI is InChI=1S/C14H26F3N3/c1-2-5-18-13(12-3-4-12)10-19-6-8-20(9-7-19)11-14(15,16)17/h12-13,18H,2-11H2,1H3. The number of hydrogen-bond acceptors (Lipinski definition) is 3. The van der Waals surface area contributed by atoms with Crippen LogP contribution in [0.1, 0.15) is 26.2 Å². The number of alkyl halides is 3. The molecule has 1 N–H and O–H groups in total. The van der Waals surface area contributed by atoms with E-state index < -0.39 is 12.7 Å². The van der Waals surface area contributed by atoms with E-state index in [0.29, 0.717) is 19.1 Å². The number of rotatable bonds is 7. The van der Waals surface area contributed by atoms with Crippen LogP contribution in [0.25, 0.3) is 0 Å². The Morgan fingerprint density at radius 3 is 2.20 bits per heavy atom. The summed E-state index contributed by atoms with van der Waals surface area (Å²) in [5.74, 6) is 0.787. The highest BCUT2D eigenvalue weighted by Gasteiger charge is 2.34. The molecule has 0 aromatic carbocycles. The molecule has 1 saturated heterocycles. The van der Waals surface area contributed by atoms with Crippen LogP contribution >= 0.6 is 0 Å².